The number of imidazole rings is 1. The minimum Gasteiger partial charge on any atom is -0.368 e. The molecule has 4 aromatic rings. The third-order valence-electron chi connectivity index (χ3n) is 5.22. The van der Waals surface area contributed by atoms with Gasteiger partial charge in [0.1, 0.15) is 11.3 Å². The molecule has 0 aliphatic carbocycles. The maximum absolute atomic E-state index is 12.8. The highest BCUT2D eigenvalue weighted by Crippen LogP contribution is 2.19. The van der Waals surface area contributed by atoms with Gasteiger partial charge in [0, 0.05) is 38.4 Å². The van der Waals surface area contributed by atoms with Crippen molar-refractivity contribution in [2.24, 2.45) is 0 Å². The number of hydrogen-bond donors (Lipinski definition) is 0. The molecule has 28 heavy (non-hydrogen) atoms. The molecular formula is C20H21N7O. The van der Waals surface area contributed by atoms with Crippen LogP contribution in [0.5, 0.6) is 0 Å². The van der Waals surface area contributed by atoms with E-state index in [9.17, 15) is 4.79 Å². The lowest BCUT2D eigenvalue weighted by atomic mass is 10.2. The zero-order valence-corrected chi connectivity index (χ0v) is 15.9. The van der Waals surface area contributed by atoms with E-state index in [-0.39, 0.29) is 5.56 Å². The average Bonchev–Trinajstić information content (AvgIpc) is 3.07. The fourth-order valence-corrected chi connectivity index (χ4v) is 3.61. The van der Waals surface area contributed by atoms with Crippen LogP contribution in [0.25, 0.3) is 22.7 Å². The summed E-state index contributed by atoms with van der Waals surface area (Å²) in [5.74, 6) is 0. The number of fused-ring (bicyclic) bond motifs is 2. The second kappa shape index (κ2) is 6.42. The summed E-state index contributed by atoms with van der Waals surface area (Å²) in [5, 5.41) is 4.54. The van der Waals surface area contributed by atoms with Crippen LogP contribution < -0.4 is 10.5 Å². The molecule has 0 aromatic carbocycles. The maximum Gasteiger partial charge on any atom is 0.258 e. The van der Waals surface area contributed by atoms with Gasteiger partial charge in [-0.25, -0.2) is 14.5 Å². The van der Waals surface area contributed by atoms with E-state index in [0.29, 0.717) is 17.0 Å². The van der Waals surface area contributed by atoms with Crippen molar-refractivity contribution >= 4 is 17.0 Å². The number of aryl methyl sites for hydroxylation is 1. The first-order valence-electron chi connectivity index (χ1n) is 9.37. The zero-order valence-electron chi connectivity index (χ0n) is 15.9. The number of rotatable bonds is 2. The van der Waals surface area contributed by atoms with Gasteiger partial charge in [-0.1, -0.05) is 0 Å². The highest BCUT2D eigenvalue weighted by molar-refractivity contribution is 5.60. The number of aromatic nitrogens is 5. The topological polar surface area (TPSA) is 71.0 Å². The molecule has 0 bridgehead atoms. The molecule has 0 amide bonds. The molecule has 1 aliphatic heterocycles. The first-order valence-corrected chi connectivity index (χ1v) is 9.37. The van der Waals surface area contributed by atoms with E-state index < -0.39 is 0 Å². The van der Waals surface area contributed by atoms with Gasteiger partial charge >= 0.3 is 0 Å². The second-order valence-corrected chi connectivity index (χ2v) is 7.29. The van der Waals surface area contributed by atoms with Crippen LogP contribution in [-0.2, 0) is 0 Å². The lowest BCUT2D eigenvalue weighted by Gasteiger charge is -2.34. The summed E-state index contributed by atoms with van der Waals surface area (Å²) < 4.78 is 3.32. The van der Waals surface area contributed by atoms with E-state index in [2.05, 4.69) is 31.9 Å². The van der Waals surface area contributed by atoms with Gasteiger partial charge in [0.25, 0.3) is 5.56 Å². The standard InChI is InChI=1S/C20H21N7O/c1-14-12-27-19(21-14)6-4-16(23-27)17-11-20(28)26-13-15(3-5-18(26)22-17)25-9-7-24(2)8-10-25/h3-6,11-13H,7-10H2,1-2H3. The van der Waals surface area contributed by atoms with Gasteiger partial charge in [-0.3, -0.25) is 9.20 Å². The normalized spacial score (nSPS) is 15.6. The van der Waals surface area contributed by atoms with Crippen molar-refractivity contribution in [1.29, 1.82) is 0 Å². The molecule has 0 N–H and O–H groups in total. The number of likely N-dealkylation sites (N-methyl/N-ethyl adjacent to an activating group) is 1. The van der Waals surface area contributed by atoms with Gasteiger partial charge in [-0.05, 0) is 38.2 Å². The number of hydrogen-bond acceptors (Lipinski definition) is 6. The Balaban J connectivity index is 1.54. The third kappa shape index (κ3) is 2.91. The second-order valence-electron chi connectivity index (χ2n) is 7.29. The molecule has 4 aromatic heterocycles. The first-order chi connectivity index (χ1) is 13.6. The van der Waals surface area contributed by atoms with Crippen LogP contribution >= 0.6 is 0 Å². The molecule has 5 heterocycles. The highest BCUT2D eigenvalue weighted by Gasteiger charge is 2.15. The molecule has 1 saturated heterocycles. The molecule has 8 heteroatoms. The largest absolute Gasteiger partial charge is 0.368 e. The molecule has 8 nitrogen and oxygen atoms in total. The van der Waals surface area contributed by atoms with Crippen LogP contribution in [0.3, 0.4) is 0 Å². The highest BCUT2D eigenvalue weighted by atomic mass is 16.1. The van der Waals surface area contributed by atoms with Crippen molar-refractivity contribution in [3.63, 3.8) is 0 Å². The molecule has 0 saturated carbocycles. The van der Waals surface area contributed by atoms with Crippen molar-refractivity contribution < 1.29 is 0 Å². The summed E-state index contributed by atoms with van der Waals surface area (Å²) in [6.45, 7) is 5.87. The average molecular weight is 375 g/mol. The summed E-state index contributed by atoms with van der Waals surface area (Å²) in [6, 6.07) is 9.21. The van der Waals surface area contributed by atoms with E-state index in [0.717, 1.165) is 43.2 Å². The van der Waals surface area contributed by atoms with Gasteiger partial charge in [-0.15, -0.1) is 0 Å². The van der Waals surface area contributed by atoms with Gasteiger partial charge in [-0.2, -0.15) is 5.10 Å². The van der Waals surface area contributed by atoms with Crippen LogP contribution in [-0.4, -0.2) is 62.1 Å². The van der Waals surface area contributed by atoms with Crippen LogP contribution in [0.1, 0.15) is 5.69 Å². The first kappa shape index (κ1) is 16.9. The Kier molecular flexibility index (Phi) is 3.87. The Morgan fingerprint density at radius 2 is 1.68 bits per heavy atom. The molecule has 5 rings (SSSR count). The van der Waals surface area contributed by atoms with E-state index in [4.69, 9.17) is 0 Å². The van der Waals surface area contributed by atoms with Gasteiger partial charge < -0.3 is 9.80 Å². The van der Waals surface area contributed by atoms with E-state index in [1.165, 1.54) is 0 Å². The summed E-state index contributed by atoms with van der Waals surface area (Å²) in [4.78, 5) is 26.4. The summed E-state index contributed by atoms with van der Waals surface area (Å²) in [7, 11) is 2.13. The van der Waals surface area contributed by atoms with E-state index >= 15 is 0 Å². The molecule has 0 spiro atoms. The SMILES string of the molecule is Cc1cn2nc(-c3cc(=O)n4cc(N5CCN(C)CC5)ccc4n3)ccc2n1. The Bertz CT molecular complexity index is 1230. The molecule has 0 atom stereocenters. The van der Waals surface area contributed by atoms with E-state index in [1.54, 1.807) is 15.0 Å². The van der Waals surface area contributed by atoms with Crippen molar-refractivity contribution in [2.45, 2.75) is 6.92 Å². The molecule has 0 unspecified atom stereocenters. The van der Waals surface area contributed by atoms with Crippen molar-refractivity contribution in [3.05, 3.63) is 58.8 Å². The Labute approximate surface area is 161 Å². The van der Waals surface area contributed by atoms with Gasteiger partial charge in [0.05, 0.1) is 23.3 Å². The summed E-state index contributed by atoms with van der Waals surface area (Å²) in [5.41, 5.74) is 4.43. The maximum atomic E-state index is 12.8. The van der Waals surface area contributed by atoms with Crippen LogP contribution in [0.4, 0.5) is 5.69 Å². The van der Waals surface area contributed by atoms with Crippen LogP contribution in [0.15, 0.2) is 47.5 Å². The Morgan fingerprint density at radius 1 is 0.893 bits per heavy atom. The minimum absolute atomic E-state index is 0.111. The Hall–Kier alpha value is -3.26. The summed E-state index contributed by atoms with van der Waals surface area (Å²) in [6.07, 6.45) is 3.74. The van der Waals surface area contributed by atoms with Crippen LogP contribution in [0, 0.1) is 6.92 Å². The lowest BCUT2D eigenvalue weighted by Crippen LogP contribution is -2.44. The smallest absolute Gasteiger partial charge is 0.258 e. The molecular weight excluding hydrogens is 354 g/mol. The quantitative estimate of drug-likeness (QED) is 0.528. The third-order valence-corrected chi connectivity index (χ3v) is 5.22. The zero-order chi connectivity index (χ0) is 19.3. The monoisotopic (exact) mass is 375 g/mol. The molecule has 142 valence electrons. The van der Waals surface area contributed by atoms with Crippen molar-refractivity contribution in [3.8, 4) is 11.4 Å². The van der Waals surface area contributed by atoms with E-state index in [1.807, 2.05) is 43.6 Å². The molecule has 1 fully saturated rings. The predicted molar refractivity (Wildman–Crippen MR) is 108 cm³/mol. The molecule has 0 radical (unpaired) electrons. The van der Waals surface area contributed by atoms with Crippen molar-refractivity contribution in [2.75, 3.05) is 38.1 Å². The van der Waals surface area contributed by atoms with Gasteiger partial charge in [0.2, 0.25) is 0 Å². The number of anilines is 1. The van der Waals surface area contributed by atoms with Crippen molar-refractivity contribution in [1.82, 2.24) is 28.9 Å². The fraction of sp³-hybridized carbons (Fsp3) is 0.300. The van der Waals surface area contributed by atoms with Crippen LogP contribution in [0.2, 0.25) is 0 Å². The predicted octanol–water partition coefficient (Wildman–Crippen LogP) is 1.46. The Morgan fingerprint density at radius 3 is 2.50 bits per heavy atom. The summed E-state index contributed by atoms with van der Waals surface area (Å²) >= 11 is 0. The van der Waals surface area contributed by atoms with Gasteiger partial charge in [0.15, 0.2) is 5.65 Å². The number of pyridine rings is 1. The minimum atomic E-state index is -0.111. The number of piperazine rings is 1. The fourth-order valence-electron chi connectivity index (χ4n) is 3.61. The lowest BCUT2D eigenvalue weighted by molar-refractivity contribution is 0.313. The molecule has 1 aliphatic rings. The number of nitrogens with zero attached hydrogens (tertiary/aromatic N) is 7.